The van der Waals surface area contributed by atoms with Crippen molar-refractivity contribution in [1.29, 1.82) is 0 Å². The van der Waals surface area contributed by atoms with Gasteiger partial charge in [-0.2, -0.15) is 0 Å². The number of thiazole rings is 1. The van der Waals surface area contributed by atoms with E-state index in [9.17, 15) is 4.39 Å². The Balaban J connectivity index is 2.28. The fraction of sp³-hybridized carbons (Fsp3) is 0. The van der Waals surface area contributed by atoms with E-state index in [1.807, 2.05) is 0 Å². The molecule has 0 bridgehead atoms. The van der Waals surface area contributed by atoms with Crippen LogP contribution in [-0.4, -0.2) is 9.97 Å². The van der Waals surface area contributed by atoms with Crippen molar-refractivity contribution < 1.29 is 4.39 Å². The lowest BCUT2D eigenvalue weighted by molar-refractivity contribution is 0.628. The van der Waals surface area contributed by atoms with Crippen LogP contribution in [0.25, 0.3) is 21.5 Å². The Kier molecular flexibility index (Phi) is 2.53. The zero-order chi connectivity index (χ0) is 11.8. The van der Waals surface area contributed by atoms with Gasteiger partial charge in [0.15, 0.2) is 0 Å². The first-order chi connectivity index (χ1) is 8.24. The van der Waals surface area contributed by atoms with Gasteiger partial charge in [0.1, 0.15) is 21.3 Å². The number of hydrogen-bond donors (Lipinski definition) is 0. The molecule has 3 aromatic rings. The van der Waals surface area contributed by atoms with Crippen LogP contribution < -0.4 is 0 Å². The highest BCUT2D eigenvalue weighted by Crippen LogP contribution is 2.30. The van der Waals surface area contributed by atoms with Crippen molar-refractivity contribution >= 4 is 33.3 Å². The molecule has 0 unspecified atom stereocenters. The number of halogens is 2. The van der Waals surface area contributed by atoms with E-state index < -0.39 is 0 Å². The monoisotopic (exact) mass is 264 g/mol. The van der Waals surface area contributed by atoms with Gasteiger partial charge in [0.2, 0.25) is 0 Å². The first-order valence-electron chi connectivity index (χ1n) is 4.90. The molecule has 0 atom stereocenters. The molecule has 0 saturated carbocycles. The van der Waals surface area contributed by atoms with E-state index in [1.165, 1.54) is 23.5 Å². The Morgan fingerprint density at radius 3 is 2.71 bits per heavy atom. The Morgan fingerprint density at radius 1 is 1.18 bits per heavy atom. The molecule has 0 spiro atoms. The third kappa shape index (κ3) is 1.90. The Bertz CT molecular complexity index is 679. The van der Waals surface area contributed by atoms with Crippen molar-refractivity contribution in [2.45, 2.75) is 0 Å². The summed E-state index contributed by atoms with van der Waals surface area (Å²) in [5.41, 5.74) is 4.28. The van der Waals surface area contributed by atoms with Crippen molar-refractivity contribution in [2.24, 2.45) is 0 Å². The van der Waals surface area contributed by atoms with Crippen LogP contribution in [0.15, 0.2) is 35.8 Å². The third-order valence-electron chi connectivity index (χ3n) is 2.43. The summed E-state index contributed by atoms with van der Waals surface area (Å²) in [6.45, 7) is 0. The van der Waals surface area contributed by atoms with Crippen LogP contribution in [0.3, 0.4) is 0 Å². The van der Waals surface area contributed by atoms with Crippen molar-refractivity contribution in [3.8, 4) is 11.1 Å². The smallest absolute Gasteiger partial charge is 0.145 e. The summed E-state index contributed by atoms with van der Waals surface area (Å²) in [5, 5.41) is 0.418. The minimum atomic E-state index is -0.261. The van der Waals surface area contributed by atoms with Gasteiger partial charge >= 0.3 is 0 Å². The summed E-state index contributed by atoms with van der Waals surface area (Å²) in [7, 11) is 0. The number of pyridine rings is 1. The van der Waals surface area contributed by atoms with Gasteiger partial charge in [0.05, 0.1) is 5.51 Å². The van der Waals surface area contributed by atoms with Crippen LogP contribution in [0.2, 0.25) is 5.15 Å². The van der Waals surface area contributed by atoms with Gasteiger partial charge in [-0.25, -0.2) is 14.4 Å². The molecule has 2 aromatic heterocycles. The molecule has 0 saturated heterocycles. The molecular weight excluding hydrogens is 259 g/mol. The Morgan fingerprint density at radius 2 is 1.94 bits per heavy atom. The van der Waals surface area contributed by atoms with Crippen LogP contribution in [0, 0.1) is 5.82 Å². The summed E-state index contributed by atoms with van der Waals surface area (Å²) >= 11 is 7.39. The first kappa shape index (κ1) is 10.6. The van der Waals surface area contributed by atoms with E-state index in [0.717, 1.165) is 21.5 Å². The standard InChI is InChI=1S/C12H6ClFN2S/c13-10-5-9(7-1-3-8(14)4-2-7)11-12(16-10)17-6-15-11/h1-6H. The molecule has 0 aliphatic carbocycles. The van der Waals surface area contributed by atoms with E-state index in [4.69, 9.17) is 11.6 Å². The molecule has 3 rings (SSSR count). The molecule has 0 aliphatic rings. The quantitative estimate of drug-likeness (QED) is 0.617. The second-order valence-electron chi connectivity index (χ2n) is 3.51. The predicted molar refractivity (Wildman–Crippen MR) is 67.8 cm³/mol. The lowest BCUT2D eigenvalue weighted by Gasteiger charge is -2.03. The number of nitrogens with zero attached hydrogens (tertiary/aromatic N) is 2. The molecule has 0 fully saturated rings. The zero-order valence-electron chi connectivity index (χ0n) is 8.52. The lowest BCUT2D eigenvalue weighted by Crippen LogP contribution is -1.84. The third-order valence-corrected chi connectivity index (χ3v) is 3.34. The molecule has 2 nitrogen and oxygen atoms in total. The largest absolute Gasteiger partial charge is 0.242 e. The Labute approximate surface area is 106 Å². The second-order valence-corrected chi connectivity index (χ2v) is 4.73. The van der Waals surface area contributed by atoms with Crippen LogP contribution >= 0.6 is 22.9 Å². The van der Waals surface area contributed by atoms with Crippen molar-refractivity contribution in [2.75, 3.05) is 0 Å². The molecule has 0 amide bonds. The maximum absolute atomic E-state index is 12.9. The fourth-order valence-corrected chi connectivity index (χ4v) is 2.60. The number of rotatable bonds is 1. The summed E-state index contributed by atoms with van der Waals surface area (Å²) in [4.78, 5) is 9.24. The van der Waals surface area contributed by atoms with Gasteiger partial charge in [0.25, 0.3) is 0 Å². The normalized spacial score (nSPS) is 10.9. The molecule has 1 aromatic carbocycles. The van der Waals surface area contributed by atoms with Crippen LogP contribution in [0.5, 0.6) is 0 Å². The molecule has 17 heavy (non-hydrogen) atoms. The molecule has 2 heterocycles. The van der Waals surface area contributed by atoms with Crippen molar-refractivity contribution in [3.63, 3.8) is 0 Å². The summed E-state index contributed by atoms with van der Waals surface area (Å²) < 4.78 is 12.9. The summed E-state index contributed by atoms with van der Waals surface area (Å²) in [6.07, 6.45) is 0. The van der Waals surface area contributed by atoms with E-state index in [2.05, 4.69) is 9.97 Å². The molecule has 0 N–H and O–H groups in total. The van der Waals surface area contributed by atoms with Gasteiger partial charge in [-0.1, -0.05) is 23.7 Å². The van der Waals surface area contributed by atoms with E-state index in [1.54, 1.807) is 23.7 Å². The molecule has 84 valence electrons. The van der Waals surface area contributed by atoms with Gasteiger partial charge in [-0.15, -0.1) is 11.3 Å². The average Bonchev–Trinajstić information content (AvgIpc) is 2.77. The number of benzene rings is 1. The number of hydrogen-bond acceptors (Lipinski definition) is 3. The fourth-order valence-electron chi connectivity index (χ4n) is 1.67. The predicted octanol–water partition coefficient (Wildman–Crippen LogP) is 4.15. The average molecular weight is 265 g/mol. The maximum Gasteiger partial charge on any atom is 0.145 e. The number of fused-ring (bicyclic) bond motifs is 1. The zero-order valence-corrected chi connectivity index (χ0v) is 10.1. The van der Waals surface area contributed by atoms with Gasteiger partial charge in [0, 0.05) is 5.56 Å². The summed E-state index contributed by atoms with van der Waals surface area (Å²) in [6, 6.07) is 8.00. The van der Waals surface area contributed by atoms with Crippen LogP contribution in [0.4, 0.5) is 4.39 Å². The molecular formula is C12H6ClFN2S. The molecule has 5 heteroatoms. The highest BCUT2D eigenvalue weighted by atomic mass is 35.5. The molecule has 0 aliphatic heterocycles. The van der Waals surface area contributed by atoms with Gasteiger partial charge in [-0.05, 0) is 23.8 Å². The summed E-state index contributed by atoms with van der Waals surface area (Å²) in [5.74, 6) is -0.261. The highest BCUT2D eigenvalue weighted by Gasteiger charge is 2.09. The second kappa shape index (κ2) is 4.05. The minimum absolute atomic E-state index is 0.261. The number of aromatic nitrogens is 2. The topological polar surface area (TPSA) is 25.8 Å². The Hall–Kier alpha value is -1.52. The van der Waals surface area contributed by atoms with Crippen LogP contribution in [0.1, 0.15) is 0 Å². The van der Waals surface area contributed by atoms with Gasteiger partial charge in [-0.3, -0.25) is 0 Å². The minimum Gasteiger partial charge on any atom is -0.242 e. The maximum atomic E-state index is 12.9. The van der Waals surface area contributed by atoms with E-state index in [0.29, 0.717) is 5.15 Å². The highest BCUT2D eigenvalue weighted by molar-refractivity contribution is 7.16. The van der Waals surface area contributed by atoms with E-state index >= 15 is 0 Å². The first-order valence-corrected chi connectivity index (χ1v) is 6.15. The van der Waals surface area contributed by atoms with E-state index in [-0.39, 0.29) is 5.82 Å². The van der Waals surface area contributed by atoms with Crippen LogP contribution in [-0.2, 0) is 0 Å². The van der Waals surface area contributed by atoms with Crippen molar-refractivity contribution in [3.05, 3.63) is 46.8 Å². The molecule has 0 radical (unpaired) electrons. The van der Waals surface area contributed by atoms with Gasteiger partial charge < -0.3 is 0 Å². The van der Waals surface area contributed by atoms with Crippen molar-refractivity contribution in [1.82, 2.24) is 9.97 Å². The lowest BCUT2D eigenvalue weighted by atomic mass is 10.1. The SMILES string of the molecule is Fc1ccc(-c2cc(Cl)nc3scnc23)cc1.